The highest BCUT2D eigenvalue weighted by Gasteiger charge is 2.40. The number of nitrogens with two attached hydrogens (primary N) is 7. The summed E-state index contributed by atoms with van der Waals surface area (Å²) < 4.78 is 0. The Morgan fingerprint density at radius 3 is 1.01 bits per heavy atom. The minimum atomic E-state index is -1.97. The fraction of sp³-hybridized carbons (Fsp3) is 0.539. The van der Waals surface area contributed by atoms with Crippen molar-refractivity contribution >= 4 is 118 Å². The molecule has 143 heavy (non-hydrogen) atoms. The monoisotopic (exact) mass is 2010 g/mol. The Balaban J connectivity index is 1.34. The predicted octanol–water partition coefficient (Wildman–Crippen LogP) is -9.56. The average molecular weight is 2010 g/mol. The number of hydrogen-bond donors (Lipinski definition) is 34. The minimum Gasteiger partial charge on any atom is -0.480 e. The lowest BCUT2D eigenvalue weighted by molar-refractivity contribution is -0.142. The molecule has 0 aliphatic carbocycles. The number of amides is 16. The number of aliphatic carboxylic acids is 1. The Morgan fingerprint density at radius 2 is 0.650 bits per heavy atom. The van der Waals surface area contributed by atoms with Crippen LogP contribution in [-0.2, 0) is 114 Å². The van der Waals surface area contributed by atoms with Gasteiger partial charge in [0.25, 0.3) is 0 Å². The standard InChI is InChI=1S/C89H140N34O20/c1-47(2)33-62(116-72(128)49(4)109-74(130)59(25-16-30-103-87(94)95)115-83(139)66(39-69(93)126)119-84(140)68(43-124)122-78(134)58(24-13-15-29-91)114-81(137)65(37-54-41-101-45-107-54)120-85(141)70(50(5)125)123-73(129)56(92)34-51-19-8-6-9-20-51)80(136)113-57(23-12-14-28-90)76(132)117-63(35-52-21-10-7-11-22-52)79(135)110-48(3)71(127)111-60(26-17-31-104-88(96)97)75(131)112-61(27-18-32-105-89(98)99)77(133)118-64(36-53-40-100-44-106-53)82(138)121-67(86(142)143)38-55-42-102-46-108-55/h6-11,19-22,40-42,44-50,56-68,70,124-125H,12-18,23-39,43,90-92H2,1-5H3,(H2,93,126)(H,100,106)(H,101,107)(H,102,108)(H,109,130)(H,110,135)(H,111,127)(H,112,131)(H,113,136)(H,114,137)(H,115,139)(H,116,128)(H,117,132)(H,118,133)(H,119,140)(H,120,141)(H,121,138)(H,122,134)(H,123,129)(H,142,143)(H4,94,95,103)(H4,96,97,104)(H4,98,99,105)/t48-,49-,50+,56-,57-,58-,59-,60-,61-,62-,63-,64-,65-,66-,67-,68-,70-/m0/s1. The zero-order valence-electron chi connectivity index (χ0n) is 80.5. The number of guanidine groups is 3. The third-order valence-corrected chi connectivity index (χ3v) is 22.1. The molecule has 54 heteroatoms. The zero-order chi connectivity index (χ0) is 106. The van der Waals surface area contributed by atoms with Crippen molar-refractivity contribution in [1.82, 2.24) is 126 Å². The second kappa shape index (κ2) is 62.7. The van der Waals surface area contributed by atoms with Gasteiger partial charge in [0, 0.05) is 81.0 Å². The fourth-order valence-electron chi connectivity index (χ4n) is 14.4. The van der Waals surface area contributed by atoms with Gasteiger partial charge in [0.2, 0.25) is 94.5 Å². The molecule has 0 bridgehead atoms. The summed E-state index contributed by atoms with van der Waals surface area (Å²) in [7, 11) is 0. The van der Waals surface area contributed by atoms with Crippen molar-refractivity contribution < 1.29 is 96.8 Å². The molecule has 0 radical (unpaired) electrons. The highest BCUT2D eigenvalue weighted by molar-refractivity contribution is 6.02. The van der Waals surface area contributed by atoms with E-state index >= 15 is 0 Å². The zero-order valence-corrected chi connectivity index (χ0v) is 80.5. The van der Waals surface area contributed by atoms with E-state index in [-0.39, 0.29) is 141 Å². The summed E-state index contributed by atoms with van der Waals surface area (Å²) in [6.45, 7) is 6.16. The van der Waals surface area contributed by atoms with E-state index in [1.165, 1.54) is 58.3 Å². The number of nitrogens with zero attached hydrogens (tertiary/aromatic N) is 3. The third kappa shape index (κ3) is 44.4. The number of aromatic amines is 3. The van der Waals surface area contributed by atoms with Gasteiger partial charge in [-0.1, -0.05) is 74.5 Å². The molecule has 3 aromatic heterocycles. The summed E-state index contributed by atoms with van der Waals surface area (Å²) in [5.41, 5.74) is 42.3. The summed E-state index contributed by atoms with van der Waals surface area (Å²) in [6, 6.07) is -8.14. The van der Waals surface area contributed by atoms with Crippen LogP contribution in [0.3, 0.4) is 0 Å². The second-order valence-corrected chi connectivity index (χ2v) is 34.6. The number of imidazole rings is 3. The fourth-order valence-corrected chi connectivity index (χ4v) is 14.4. The SMILES string of the molecule is CC(C)C[C@H](NC(=O)[C@H](C)NC(=O)[C@H](CCCNC(=N)N)NC(=O)[C@H](CC(N)=O)NC(=O)[C@H](CO)NC(=O)[C@H](CCCCN)NC(=O)[C@H](Cc1cnc[nH]1)NC(=O)[C@@H](NC(=O)[C@@H](N)Cc1ccccc1)[C@@H](C)O)C(=O)N[C@@H](CCCCN)C(=O)N[C@@H](Cc1ccccc1)C(=O)N[C@@H](C)C(=O)N[C@@H](CCCNC(=N)N)C(=O)N[C@@H](CCCNC(=N)N)C(=O)N[C@@H](Cc1cnc[nH]1)C(=O)N[C@@H](Cc1cnc[nH]1)C(=O)O. The summed E-state index contributed by atoms with van der Waals surface area (Å²) in [4.78, 5) is 261. The van der Waals surface area contributed by atoms with Gasteiger partial charge in [-0.3, -0.25) is 92.9 Å². The Morgan fingerprint density at radius 1 is 0.350 bits per heavy atom. The molecule has 786 valence electrons. The number of aromatic nitrogens is 6. The quantitative estimate of drug-likeness (QED) is 0.00976. The highest BCUT2D eigenvalue weighted by Crippen LogP contribution is 2.16. The maximum atomic E-state index is 14.9. The third-order valence-electron chi connectivity index (χ3n) is 22.1. The van der Waals surface area contributed by atoms with Crippen LogP contribution in [0.5, 0.6) is 0 Å². The van der Waals surface area contributed by atoms with Crippen molar-refractivity contribution in [3.8, 4) is 0 Å². The number of H-pyrrole nitrogens is 3. The maximum Gasteiger partial charge on any atom is 0.326 e. The Kier molecular flexibility index (Phi) is 51.8. The molecule has 5 aromatic rings. The largest absolute Gasteiger partial charge is 0.480 e. The topological polar surface area (TPSA) is 907 Å². The molecule has 0 fully saturated rings. The molecule has 54 nitrogen and oxygen atoms in total. The van der Waals surface area contributed by atoms with Crippen LogP contribution < -0.4 is 136 Å². The molecule has 16 amide bonds. The van der Waals surface area contributed by atoms with E-state index in [9.17, 15) is 96.8 Å². The molecule has 0 unspecified atom stereocenters. The van der Waals surface area contributed by atoms with E-state index in [1.54, 1.807) is 74.5 Å². The minimum absolute atomic E-state index is 0.00210. The van der Waals surface area contributed by atoms with Crippen LogP contribution in [0.4, 0.5) is 0 Å². The van der Waals surface area contributed by atoms with Crippen molar-refractivity contribution in [3.63, 3.8) is 0 Å². The number of nitrogens with one attached hydrogen (secondary N) is 24. The molecule has 17 atom stereocenters. The normalized spacial score (nSPS) is 14.7. The van der Waals surface area contributed by atoms with Crippen molar-refractivity contribution in [2.45, 2.75) is 259 Å². The van der Waals surface area contributed by atoms with Gasteiger partial charge in [0.1, 0.15) is 90.6 Å². The van der Waals surface area contributed by atoms with Gasteiger partial charge in [0.15, 0.2) is 17.9 Å². The summed E-state index contributed by atoms with van der Waals surface area (Å²) in [5.74, 6) is -19.5. The number of hydrogen-bond acceptors (Lipinski definition) is 28. The molecular weight excluding hydrogens is 1870 g/mol. The smallest absolute Gasteiger partial charge is 0.326 e. The van der Waals surface area contributed by atoms with E-state index < -0.39 is 234 Å². The lowest BCUT2D eigenvalue weighted by atomic mass is 10.0. The average Bonchev–Trinajstić information content (AvgIpc) is 1.81. The molecule has 0 saturated carbocycles. The predicted molar refractivity (Wildman–Crippen MR) is 518 cm³/mol. The number of carbonyl (C=O) groups excluding carboxylic acids is 16. The van der Waals surface area contributed by atoms with Crippen LogP contribution >= 0.6 is 0 Å². The first kappa shape index (κ1) is 118. The number of aliphatic hydroxyl groups excluding tert-OH is 2. The maximum absolute atomic E-state index is 14.9. The molecule has 3 heterocycles. The van der Waals surface area contributed by atoms with E-state index in [0.717, 1.165) is 0 Å². The molecule has 0 aliphatic rings. The summed E-state index contributed by atoms with van der Waals surface area (Å²) in [5, 5.41) is 100. The second-order valence-electron chi connectivity index (χ2n) is 34.6. The first-order valence-electron chi connectivity index (χ1n) is 46.7. The molecular formula is C89H140N34O20. The number of benzene rings is 2. The van der Waals surface area contributed by atoms with Crippen LogP contribution in [0.15, 0.2) is 98.2 Å². The van der Waals surface area contributed by atoms with Gasteiger partial charge < -0.3 is 166 Å². The number of carbonyl (C=O) groups is 17. The van der Waals surface area contributed by atoms with Gasteiger partial charge in [-0.15, -0.1) is 0 Å². The van der Waals surface area contributed by atoms with Crippen LogP contribution in [0.1, 0.15) is 153 Å². The van der Waals surface area contributed by atoms with Crippen LogP contribution in [0.25, 0.3) is 0 Å². The van der Waals surface area contributed by atoms with Crippen molar-refractivity contribution in [2.24, 2.45) is 46.1 Å². The van der Waals surface area contributed by atoms with Crippen LogP contribution in [0, 0.1) is 22.1 Å². The van der Waals surface area contributed by atoms with E-state index in [1.807, 2.05) is 0 Å². The lowest BCUT2D eigenvalue weighted by Gasteiger charge is -2.28. The van der Waals surface area contributed by atoms with Gasteiger partial charge in [-0.2, -0.15) is 0 Å². The van der Waals surface area contributed by atoms with Gasteiger partial charge >= 0.3 is 5.97 Å². The van der Waals surface area contributed by atoms with Crippen molar-refractivity contribution in [2.75, 3.05) is 39.3 Å². The number of carboxylic acids is 1. The molecule has 5 rings (SSSR count). The number of unbranched alkanes of at least 4 members (excludes halogenated alkanes) is 2. The van der Waals surface area contributed by atoms with Crippen LogP contribution in [0.2, 0.25) is 0 Å². The van der Waals surface area contributed by atoms with Gasteiger partial charge in [-0.25, -0.2) is 19.7 Å². The van der Waals surface area contributed by atoms with E-state index in [4.69, 9.17) is 56.4 Å². The van der Waals surface area contributed by atoms with Crippen molar-refractivity contribution in [1.29, 1.82) is 16.2 Å². The van der Waals surface area contributed by atoms with E-state index in [2.05, 4.69) is 126 Å². The van der Waals surface area contributed by atoms with Crippen molar-refractivity contribution in [3.05, 3.63) is 126 Å². The Labute approximate surface area is 824 Å². The molecule has 0 spiro atoms. The number of rotatable bonds is 67. The first-order chi connectivity index (χ1) is 68.0. The summed E-state index contributed by atoms with van der Waals surface area (Å²) in [6.07, 6.45) is 4.56. The number of carboxylic acid groups (broad SMARTS) is 1. The number of aliphatic hydroxyl groups is 2. The Bertz CT molecular complexity index is 4960. The van der Waals surface area contributed by atoms with Gasteiger partial charge in [-0.05, 0) is 141 Å². The number of primary amides is 1. The molecule has 0 saturated heterocycles. The molecule has 2 aromatic carbocycles. The highest BCUT2D eigenvalue weighted by atomic mass is 16.4. The Hall–Kier alpha value is -15.3. The van der Waals surface area contributed by atoms with E-state index in [0.29, 0.717) is 41.1 Å². The van der Waals surface area contributed by atoms with Gasteiger partial charge in [0.05, 0.1) is 44.2 Å². The van der Waals surface area contributed by atoms with Crippen LogP contribution in [-0.4, -0.2) is 306 Å². The first-order valence-corrected chi connectivity index (χ1v) is 46.7. The summed E-state index contributed by atoms with van der Waals surface area (Å²) >= 11 is 0. The molecule has 0 aliphatic heterocycles. The molecule has 41 N–H and O–H groups in total. The lowest BCUT2D eigenvalue weighted by Crippen LogP contribution is -2.62.